The molecule has 83 heavy (non-hydrogen) atoms. The van der Waals surface area contributed by atoms with Gasteiger partial charge in [-0.3, -0.25) is 19.2 Å². The highest BCUT2D eigenvalue weighted by Gasteiger charge is 2.40. The van der Waals surface area contributed by atoms with Gasteiger partial charge >= 0.3 is 34.3 Å². The van der Waals surface area contributed by atoms with Crippen LogP contribution in [0.5, 0.6) is 17.2 Å². The molecule has 1 aliphatic heterocycles. The van der Waals surface area contributed by atoms with Crippen LogP contribution in [0.3, 0.4) is 0 Å². The lowest BCUT2D eigenvalue weighted by molar-refractivity contribution is -0.158. The van der Waals surface area contributed by atoms with Gasteiger partial charge in [0.15, 0.2) is 24.1 Å². The Bertz CT molecular complexity index is 2840. The Morgan fingerprint density at radius 3 is 2.08 bits per heavy atom. The van der Waals surface area contributed by atoms with Crippen LogP contribution < -0.4 is 34.3 Å². The molecular weight excluding hydrogens is 1120 g/mol. The van der Waals surface area contributed by atoms with E-state index < -0.39 is 127 Å². The molecule has 6 atom stereocenters. The number of fused-ring (bicyclic) bond motifs is 5. The Morgan fingerprint density at radius 2 is 1.46 bits per heavy atom. The molecule has 1 heterocycles. The number of benzene rings is 3. The van der Waals surface area contributed by atoms with Gasteiger partial charge in [-0.15, -0.1) is 0 Å². The van der Waals surface area contributed by atoms with E-state index in [0.717, 1.165) is 18.1 Å². The van der Waals surface area contributed by atoms with E-state index in [1.807, 2.05) is 0 Å². The molecule has 460 valence electrons. The molecule has 0 saturated carbocycles. The first-order valence-electron chi connectivity index (χ1n) is 27.2. The predicted octanol–water partition coefficient (Wildman–Crippen LogP) is 5.49. The van der Waals surface area contributed by atoms with Crippen molar-refractivity contribution in [3.63, 3.8) is 0 Å². The average Bonchev–Trinajstić information content (AvgIpc) is 3.52. The molecule has 1 aliphatic rings. The average molecular weight is 1200 g/mol. The molecule has 0 radical (unpaired) electrons. The third kappa shape index (κ3) is 23.0. The van der Waals surface area contributed by atoms with Crippen LogP contribution >= 0.6 is 0 Å². The highest BCUT2D eigenvalue weighted by atomic mass is 32.2. The first-order valence-corrected chi connectivity index (χ1v) is 32.4. The third-order valence-corrected chi connectivity index (χ3v) is 15.0. The van der Waals surface area contributed by atoms with Crippen LogP contribution in [0.15, 0.2) is 60.7 Å². The van der Waals surface area contributed by atoms with Crippen molar-refractivity contribution in [2.75, 3.05) is 53.9 Å². The summed E-state index contributed by atoms with van der Waals surface area (Å²) in [4.78, 5) is 98.3. The zero-order valence-corrected chi connectivity index (χ0v) is 51.5. The van der Waals surface area contributed by atoms with Crippen molar-refractivity contribution >= 4 is 60.0 Å². The molecule has 26 heteroatoms. The van der Waals surface area contributed by atoms with Gasteiger partial charge in [-0.1, -0.05) is 69.9 Å². The number of aliphatic hydroxyl groups is 2. The van der Waals surface area contributed by atoms with Crippen LogP contribution in [0.25, 0.3) is 11.1 Å². The topological polar surface area (TPSA) is 319 Å². The largest absolute Gasteiger partial charge is 0.490 e. The quantitative estimate of drug-likeness (QED) is 0.0153. The Labute approximate surface area is 487 Å². The number of nitrogens with one attached hydrogen (secondary N) is 4. The van der Waals surface area contributed by atoms with Crippen LogP contribution in [0, 0.1) is 11.8 Å². The molecule has 24 nitrogen and oxygen atoms in total. The minimum Gasteiger partial charge on any atom is -0.490 e. The van der Waals surface area contributed by atoms with E-state index >= 15 is 9.59 Å². The summed E-state index contributed by atoms with van der Waals surface area (Å²) in [7, 11) is -4.14. The highest BCUT2D eigenvalue weighted by molar-refractivity contribution is 7.88. The summed E-state index contributed by atoms with van der Waals surface area (Å²) in [5.41, 5.74) is -0.756. The van der Waals surface area contributed by atoms with Gasteiger partial charge in [0, 0.05) is 58.2 Å². The Kier molecular flexibility index (Phi) is 25.3. The number of Topliss-reactive ketones (excluding diaryl/α,β-unsaturated/α-hetero) is 1. The van der Waals surface area contributed by atoms with E-state index in [1.165, 1.54) is 52.9 Å². The number of hydrogen-bond acceptors (Lipinski definition) is 19. The van der Waals surface area contributed by atoms with Crippen molar-refractivity contribution in [2.45, 2.75) is 142 Å². The van der Waals surface area contributed by atoms with E-state index in [1.54, 1.807) is 74.9 Å². The number of amides is 4. The molecule has 0 saturated heterocycles. The van der Waals surface area contributed by atoms with Gasteiger partial charge in [0.2, 0.25) is 11.8 Å². The lowest BCUT2D eigenvalue weighted by atomic mass is 9.89. The number of methoxy groups -OCH3 is 1. The number of hydrogen-bond donors (Lipinski definition) is 6. The molecular formula is C57H83N5O19SSi. The molecule has 4 amide bonds. The van der Waals surface area contributed by atoms with Crippen LogP contribution in [0.4, 0.5) is 9.59 Å². The zero-order chi connectivity index (χ0) is 62.0. The Morgan fingerprint density at radius 1 is 0.819 bits per heavy atom. The molecule has 0 fully saturated rings. The van der Waals surface area contributed by atoms with Crippen molar-refractivity contribution in [1.29, 1.82) is 0 Å². The second kappa shape index (κ2) is 30.6. The molecule has 0 aliphatic carbocycles. The number of aliphatic hydroxyl groups excluding tert-OH is 2. The number of likely N-dealkylation sites (N-methyl/N-ethyl adjacent to an activating group) is 1. The fraction of sp³-hybridized carbons (Fsp3) is 0.561. The van der Waals surface area contributed by atoms with Crippen molar-refractivity contribution in [2.24, 2.45) is 11.8 Å². The second-order valence-corrected chi connectivity index (χ2v) is 30.4. The van der Waals surface area contributed by atoms with Gasteiger partial charge in [0.1, 0.15) is 60.9 Å². The van der Waals surface area contributed by atoms with Gasteiger partial charge in [-0.2, -0.15) is 13.1 Å². The summed E-state index contributed by atoms with van der Waals surface area (Å²) in [5, 5.41) is 27.3. The normalized spacial score (nSPS) is 17.0. The number of carbonyl (C=O) groups excluding carboxylic acids is 7. The lowest BCUT2D eigenvalue weighted by Crippen LogP contribution is -2.50. The summed E-state index contributed by atoms with van der Waals surface area (Å²) < 4.78 is 76.7. The number of esters is 2. The molecule has 3 aromatic carbocycles. The maximum Gasteiger partial charge on any atom is 0.422 e. The Hall–Kier alpha value is -6.84. The number of rotatable bonds is 25. The molecule has 0 aromatic heterocycles. The summed E-state index contributed by atoms with van der Waals surface area (Å²) in [6.07, 6.45) is -5.03. The fourth-order valence-corrected chi connectivity index (χ4v) is 9.48. The number of alkyl carbamates (subject to hydrolysis) is 1. The molecule has 6 N–H and O–H groups in total. The smallest absolute Gasteiger partial charge is 0.422 e. The number of ketones is 1. The van der Waals surface area contributed by atoms with Crippen molar-refractivity contribution in [3.05, 3.63) is 77.4 Å². The molecule has 4 rings (SSSR count). The minimum absolute atomic E-state index is 0.0209. The highest BCUT2D eigenvalue weighted by Crippen LogP contribution is 2.46. The summed E-state index contributed by atoms with van der Waals surface area (Å²) in [6.45, 7) is 16.7. The molecule has 3 aromatic rings. The lowest BCUT2D eigenvalue weighted by Gasteiger charge is -2.32. The molecule has 4 bridgehead atoms. The second-order valence-electron chi connectivity index (χ2n) is 23.2. The Balaban J connectivity index is 2.04. The van der Waals surface area contributed by atoms with Gasteiger partial charge in [0.05, 0.1) is 19.8 Å². The fourth-order valence-electron chi connectivity index (χ4n) is 8.01. The predicted molar refractivity (Wildman–Crippen MR) is 307 cm³/mol. The van der Waals surface area contributed by atoms with E-state index in [2.05, 4.69) is 35.0 Å². The van der Waals surface area contributed by atoms with E-state index in [4.69, 9.17) is 37.9 Å². The maximum absolute atomic E-state index is 15.3. The summed E-state index contributed by atoms with van der Waals surface area (Å²) in [6, 6.07) is 13.6. The van der Waals surface area contributed by atoms with Crippen molar-refractivity contribution < 1.29 is 90.1 Å². The van der Waals surface area contributed by atoms with Gasteiger partial charge in [-0.05, 0) is 95.0 Å². The standard InChI is InChI=1S/C57H83N5O19SSi/c1-14-39(63)32-77-47-28-38-27-42(49(47)79-34-75-22-23-83(11,12)13)41-25-37(20-21-46(41)76-33-40(64)29-58-54(70)80-56(3,4)5)26-44(53(69)74-10)60-50(66)35(2)24-45(65)48(38)62(9)51(67)43(52(68)78-31-36-18-16-15-17-19-36)30-59-82(72,73)61-55(71)81-57(6,7)8/h15-21,25,27-28,35,39-40,43-44,48,59,63-64H,14,22-24,26,29-34H2,1-13H3,(H,58,70)(H,60,66)(H,61,71)/t35-,39-,40-,43+,44+,48+/m1/s1. The van der Waals surface area contributed by atoms with Gasteiger partial charge in [-0.25, -0.2) is 19.1 Å². The number of nitrogens with zero attached hydrogens (tertiary/aromatic N) is 1. The third-order valence-electron chi connectivity index (χ3n) is 12.4. The van der Waals surface area contributed by atoms with Crippen molar-refractivity contribution in [3.8, 4) is 28.4 Å². The van der Waals surface area contributed by atoms with Crippen LogP contribution in [0.2, 0.25) is 25.7 Å². The maximum atomic E-state index is 15.3. The first-order chi connectivity index (χ1) is 38.7. The monoisotopic (exact) mass is 1200 g/mol. The number of ether oxygens (including phenoxy) is 8. The van der Waals surface area contributed by atoms with Crippen molar-refractivity contribution in [1.82, 2.24) is 25.0 Å². The minimum atomic E-state index is -4.85. The molecule has 0 unspecified atom stereocenters. The van der Waals surface area contributed by atoms with E-state index in [9.17, 15) is 42.6 Å². The number of carbonyl (C=O) groups is 7. The zero-order valence-electron chi connectivity index (χ0n) is 49.7. The SMILES string of the molecule is CC[C@@H](O)COc1cc2cc(c1OCOCC[Si](C)(C)C)-c1cc(ccc1OC[C@H](O)CNC(=O)OC(C)(C)C)C[C@@H](C(=O)OC)NC(=O)[C@H](C)CC(=O)[C@H]2N(C)C(=O)[C@H](CNS(=O)(=O)NC(=O)OC(C)(C)C)C(=O)OCc1ccccc1. The van der Waals surface area contributed by atoms with Crippen LogP contribution in [0.1, 0.15) is 91.0 Å². The van der Waals surface area contributed by atoms with Gasteiger partial charge < -0.3 is 63.6 Å². The molecule has 0 spiro atoms. The van der Waals surface area contributed by atoms with Gasteiger partial charge in [0.25, 0.3) is 0 Å². The summed E-state index contributed by atoms with van der Waals surface area (Å²) in [5.74, 6) is -8.10. The van der Waals surface area contributed by atoms with Crippen LogP contribution in [-0.4, -0.2) is 157 Å². The van der Waals surface area contributed by atoms with E-state index in [-0.39, 0.29) is 73.3 Å². The summed E-state index contributed by atoms with van der Waals surface area (Å²) >= 11 is 0. The van der Waals surface area contributed by atoms with E-state index in [0.29, 0.717) is 17.7 Å². The van der Waals surface area contributed by atoms with Crippen LogP contribution in [-0.2, 0) is 70.9 Å². The first kappa shape index (κ1) is 68.7.